The number of thiocarbonyl (C=S) groups is 1. The van der Waals surface area contributed by atoms with Gasteiger partial charge in [0.15, 0.2) is 0 Å². The highest BCUT2D eigenvalue weighted by molar-refractivity contribution is 8.22. The highest BCUT2D eigenvalue weighted by atomic mass is 32.2. The summed E-state index contributed by atoms with van der Waals surface area (Å²) in [7, 11) is 0. The molecule has 1 nitrogen and oxygen atoms in total. The maximum atomic E-state index is 6.25. The van der Waals surface area contributed by atoms with Crippen molar-refractivity contribution in [2.45, 2.75) is 6.42 Å². The van der Waals surface area contributed by atoms with Gasteiger partial charge in [0.2, 0.25) is 0 Å². The summed E-state index contributed by atoms with van der Waals surface area (Å²) in [4.78, 5) is 0. The van der Waals surface area contributed by atoms with Gasteiger partial charge in [-0.15, -0.1) is 11.8 Å². The van der Waals surface area contributed by atoms with Crippen LogP contribution in [0.25, 0.3) is 22.3 Å². The molecule has 0 aliphatic carbocycles. The fraction of sp³-hybridized carbons (Fsp3) is 0.136. The highest BCUT2D eigenvalue weighted by Gasteiger charge is 2.13. The normalized spacial score (nSPS) is 10.4. The van der Waals surface area contributed by atoms with Crippen molar-refractivity contribution < 1.29 is 4.74 Å². The molecule has 25 heavy (non-hydrogen) atoms. The molecule has 3 aromatic rings. The number of thioether (sulfide) groups is 1. The van der Waals surface area contributed by atoms with Gasteiger partial charge in [-0.3, -0.25) is 0 Å². The van der Waals surface area contributed by atoms with Gasteiger partial charge in [0.05, 0.1) is 10.8 Å². The van der Waals surface area contributed by atoms with Crippen LogP contribution in [0, 0.1) is 0 Å². The van der Waals surface area contributed by atoms with E-state index >= 15 is 0 Å². The third kappa shape index (κ3) is 4.50. The quantitative estimate of drug-likeness (QED) is 0.463. The highest BCUT2D eigenvalue weighted by Crippen LogP contribution is 2.39. The Morgan fingerprint density at radius 2 is 1.32 bits per heavy atom. The fourth-order valence-electron chi connectivity index (χ4n) is 2.72. The summed E-state index contributed by atoms with van der Waals surface area (Å²) in [6, 6.07) is 27.0. The van der Waals surface area contributed by atoms with Gasteiger partial charge in [-0.2, -0.15) is 0 Å². The summed E-state index contributed by atoms with van der Waals surface area (Å²) >= 11 is 6.92. The minimum absolute atomic E-state index is 0.587. The maximum Gasteiger partial charge on any atom is 0.134 e. The molecule has 3 aromatic carbocycles. The molecule has 0 aliphatic rings. The van der Waals surface area contributed by atoms with Crippen LogP contribution in [0.15, 0.2) is 78.9 Å². The molecule has 0 amide bonds. The standard InChI is InChI=1S/C22H20OS2/c1-25-21(24)15-16-23-22-19(17-9-4-2-5-10-17)13-8-14-20(22)18-11-6-3-7-12-18/h2-14H,15-16H2,1H3. The summed E-state index contributed by atoms with van der Waals surface area (Å²) in [6.45, 7) is 0.587. The Kier molecular flexibility index (Phi) is 6.26. The Balaban J connectivity index is 2.01. The first-order valence-corrected chi connectivity index (χ1v) is 9.86. The summed E-state index contributed by atoms with van der Waals surface area (Å²) in [5, 5.41) is 0. The summed E-state index contributed by atoms with van der Waals surface area (Å²) < 4.78 is 7.22. The van der Waals surface area contributed by atoms with E-state index in [-0.39, 0.29) is 0 Å². The Morgan fingerprint density at radius 3 is 1.80 bits per heavy atom. The van der Waals surface area contributed by atoms with Crippen molar-refractivity contribution in [3.8, 4) is 28.0 Å². The first-order valence-electron chi connectivity index (χ1n) is 8.23. The van der Waals surface area contributed by atoms with E-state index in [1.807, 2.05) is 18.4 Å². The molecule has 0 bridgehead atoms. The second kappa shape index (κ2) is 8.84. The van der Waals surface area contributed by atoms with Crippen LogP contribution in [0.5, 0.6) is 5.75 Å². The molecule has 3 rings (SSSR count). The lowest BCUT2D eigenvalue weighted by atomic mass is 9.97. The predicted molar refractivity (Wildman–Crippen MR) is 114 cm³/mol. The zero-order valence-electron chi connectivity index (χ0n) is 14.1. The Bertz CT molecular complexity index is 771. The molecule has 126 valence electrons. The smallest absolute Gasteiger partial charge is 0.134 e. The monoisotopic (exact) mass is 364 g/mol. The van der Waals surface area contributed by atoms with E-state index in [4.69, 9.17) is 17.0 Å². The first kappa shape index (κ1) is 17.7. The van der Waals surface area contributed by atoms with Gasteiger partial charge in [-0.25, -0.2) is 0 Å². The average Bonchev–Trinajstić information content (AvgIpc) is 2.69. The summed E-state index contributed by atoms with van der Waals surface area (Å²) in [5.41, 5.74) is 4.53. The number of rotatable bonds is 6. The molecule has 0 aliphatic heterocycles. The van der Waals surface area contributed by atoms with Crippen molar-refractivity contribution in [2.24, 2.45) is 0 Å². The lowest BCUT2D eigenvalue weighted by Gasteiger charge is -2.16. The fourth-order valence-corrected chi connectivity index (χ4v) is 3.09. The van der Waals surface area contributed by atoms with Crippen molar-refractivity contribution in [1.29, 1.82) is 0 Å². The number of benzene rings is 3. The van der Waals surface area contributed by atoms with Crippen LogP contribution in [-0.4, -0.2) is 17.1 Å². The van der Waals surface area contributed by atoms with E-state index in [0.29, 0.717) is 6.61 Å². The second-order valence-corrected chi connectivity index (χ2v) is 7.24. The van der Waals surface area contributed by atoms with Gasteiger partial charge < -0.3 is 4.74 Å². The van der Waals surface area contributed by atoms with E-state index in [1.165, 1.54) is 0 Å². The zero-order valence-corrected chi connectivity index (χ0v) is 15.8. The Labute approximate surface area is 159 Å². The molecular formula is C22H20OS2. The molecule has 0 aromatic heterocycles. The van der Waals surface area contributed by atoms with Crippen LogP contribution >= 0.6 is 24.0 Å². The third-order valence-electron chi connectivity index (χ3n) is 3.96. The number of para-hydroxylation sites is 1. The van der Waals surface area contributed by atoms with E-state index in [1.54, 1.807) is 11.8 Å². The van der Waals surface area contributed by atoms with Crippen LogP contribution in [0.1, 0.15) is 6.42 Å². The van der Waals surface area contributed by atoms with Gasteiger partial charge in [0.25, 0.3) is 0 Å². The molecule has 0 heterocycles. The molecule has 0 spiro atoms. The molecule has 0 saturated carbocycles. The third-order valence-corrected chi connectivity index (χ3v) is 5.33. The van der Waals surface area contributed by atoms with Crippen molar-refractivity contribution in [3.63, 3.8) is 0 Å². The van der Waals surface area contributed by atoms with E-state index in [2.05, 4.69) is 66.7 Å². The number of ether oxygens (including phenoxy) is 1. The average molecular weight is 365 g/mol. The molecule has 0 radical (unpaired) electrons. The largest absolute Gasteiger partial charge is 0.492 e. The van der Waals surface area contributed by atoms with Crippen LogP contribution in [0.4, 0.5) is 0 Å². The first-order chi connectivity index (χ1) is 12.3. The van der Waals surface area contributed by atoms with E-state index in [0.717, 1.165) is 38.6 Å². The van der Waals surface area contributed by atoms with Gasteiger partial charge in [-0.05, 0) is 17.4 Å². The van der Waals surface area contributed by atoms with Crippen LogP contribution in [-0.2, 0) is 0 Å². The van der Waals surface area contributed by atoms with Crippen molar-refractivity contribution in [1.82, 2.24) is 0 Å². The summed E-state index contributed by atoms with van der Waals surface area (Å²) in [6.07, 6.45) is 2.78. The molecular weight excluding hydrogens is 344 g/mol. The molecule has 0 saturated heterocycles. The van der Waals surface area contributed by atoms with Gasteiger partial charge in [0, 0.05) is 17.5 Å². The van der Waals surface area contributed by atoms with Crippen LogP contribution < -0.4 is 4.74 Å². The zero-order chi connectivity index (χ0) is 17.5. The van der Waals surface area contributed by atoms with Crippen molar-refractivity contribution >= 4 is 28.2 Å². The Morgan fingerprint density at radius 1 is 0.800 bits per heavy atom. The van der Waals surface area contributed by atoms with E-state index in [9.17, 15) is 0 Å². The minimum atomic E-state index is 0.587. The summed E-state index contributed by atoms with van der Waals surface area (Å²) in [5.74, 6) is 0.920. The van der Waals surface area contributed by atoms with Gasteiger partial charge in [-0.1, -0.05) is 91.1 Å². The van der Waals surface area contributed by atoms with Crippen LogP contribution in [0.2, 0.25) is 0 Å². The van der Waals surface area contributed by atoms with Crippen LogP contribution in [0.3, 0.4) is 0 Å². The molecule has 3 heteroatoms. The molecule has 0 unspecified atom stereocenters. The van der Waals surface area contributed by atoms with E-state index < -0.39 is 0 Å². The predicted octanol–water partition coefficient (Wildman–Crippen LogP) is 6.48. The van der Waals surface area contributed by atoms with Gasteiger partial charge >= 0.3 is 0 Å². The van der Waals surface area contributed by atoms with Crippen molar-refractivity contribution in [3.05, 3.63) is 78.9 Å². The second-order valence-electron chi connectivity index (χ2n) is 5.59. The van der Waals surface area contributed by atoms with Crippen molar-refractivity contribution in [2.75, 3.05) is 12.9 Å². The SMILES string of the molecule is CSC(=S)CCOc1c(-c2ccccc2)cccc1-c1ccccc1. The molecule has 0 atom stereocenters. The maximum absolute atomic E-state index is 6.25. The van der Waals surface area contributed by atoms with Gasteiger partial charge in [0.1, 0.15) is 5.75 Å². The number of hydrogen-bond acceptors (Lipinski definition) is 3. The number of hydrogen-bond donors (Lipinski definition) is 0. The minimum Gasteiger partial charge on any atom is -0.492 e. The molecule has 0 N–H and O–H groups in total. The topological polar surface area (TPSA) is 9.23 Å². The molecule has 0 fully saturated rings. The Hall–Kier alpha value is -2.10. The lowest BCUT2D eigenvalue weighted by Crippen LogP contribution is -2.04. The lowest BCUT2D eigenvalue weighted by molar-refractivity contribution is 0.333.